The van der Waals surface area contributed by atoms with Gasteiger partial charge in [0.15, 0.2) is 5.67 Å². The Bertz CT molecular complexity index is 457. The zero-order chi connectivity index (χ0) is 14.6. The fraction of sp³-hybridized carbons (Fsp3) is 0.500. The first-order chi connectivity index (χ1) is 9.56. The van der Waals surface area contributed by atoms with Gasteiger partial charge in [-0.3, -0.25) is 0 Å². The van der Waals surface area contributed by atoms with E-state index in [9.17, 15) is 9.18 Å². The molecule has 0 unspecified atom stereocenters. The Morgan fingerprint density at radius 3 is 2.45 bits per heavy atom. The number of rotatable bonds is 5. The van der Waals surface area contributed by atoms with Crippen molar-refractivity contribution in [3.05, 3.63) is 24.3 Å². The predicted octanol–water partition coefficient (Wildman–Crippen LogP) is 2.25. The Morgan fingerprint density at radius 2 is 1.90 bits per heavy atom. The van der Waals surface area contributed by atoms with Crippen LogP contribution in [0.2, 0.25) is 0 Å². The summed E-state index contributed by atoms with van der Waals surface area (Å²) in [5, 5.41) is 0. The molecule has 0 radical (unpaired) electrons. The number of nitrogens with zero attached hydrogens (tertiary/aromatic N) is 1. The van der Waals surface area contributed by atoms with Crippen LogP contribution in [0.4, 0.5) is 9.18 Å². The summed E-state index contributed by atoms with van der Waals surface area (Å²) in [7, 11) is 1.57. The minimum atomic E-state index is -1.51. The highest BCUT2D eigenvalue weighted by Gasteiger charge is 2.47. The molecule has 0 bridgehead atoms. The molecule has 1 heterocycles. The Kier molecular flexibility index (Phi) is 4.32. The van der Waals surface area contributed by atoms with Gasteiger partial charge in [0.2, 0.25) is 0 Å². The van der Waals surface area contributed by atoms with Gasteiger partial charge in [0.1, 0.15) is 18.1 Å². The third kappa shape index (κ3) is 3.31. The van der Waals surface area contributed by atoms with Crippen molar-refractivity contribution in [2.75, 3.05) is 33.4 Å². The highest BCUT2D eigenvalue weighted by Crippen LogP contribution is 2.27. The lowest BCUT2D eigenvalue weighted by Crippen LogP contribution is -2.63. The first-order valence-corrected chi connectivity index (χ1v) is 6.44. The molecule has 0 saturated carbocycles. The Morgan fingerprint density at radius 1 is 1.30 bits per heavy atom. The molecule has 1 aliphatic rings. The zero-order valence-electron chi connectivity index (χ0n) is 11.6. The highest BCUT2D eigenvalue weighted by molar-refractivity contribution is 5.69. The number of benzene rings is 1. The average molecular weight is 283 g/mol. The average Bonchev–Trinajstić information content (AvgIpc) is 2.43. The first-order valence-electron chi connectivity index (χ1n) is 6.44. The van der Waals surface area contributed by atoms with Crippen molar-refractivity contribution in [2.45, 2.75) is 12.6 Å². The summed E-state index contributed by atoms with van der Waals surface area (Å²) in [5.41, 5.74) is -1.51. The van der Waals surface area contributed by atoms with E-state index in [4.69, 9.17) is 14.2 Å². The topological polar surface area (TPSA) is 48.0 Å². The van der Waals surface area contributed by atoms with Gasteiger partial charge in [-0.2, -0.15) is 0 Å². The van der Waals surface area contributed by atoms with Crippen LogP contribution in [-0.4, -0.2) is 50.1 Å². The molecule has 1 amide bonds. The highest BCUT2D eigenvalue weighted by atomic mass is 19.1. The van der Waals surface area contributed by atoms with Gasteiger partial charge in [-0.15, -0.1) is 0 Å². The van der Waals surface area contributed by atoms with Crippen molar-refractivity contribution < 1.29 is 23.4 Å². The van der Waals surface area contributed by atoms with Crippen molar-refractivity contribution >= 4 is 6.09 Å². The van der Waals surface area contributed by atoms with Gasteiger partial charge in [0.05, 0.1) is 26.8 Å². The van der Waals surface area contributed by atoms with Crippen LogP contribution < -0.4 is 9.47 Å². The van der Waals surface area contributed by atoms with Gasteiger partial charge in [0.25, 0.3) is 0 Å². The number of carbonyl (C=O) groups excluding carboxylic acids is 1. The third-order valence-corrected chi connectivity index (χ3v) is 3.03. The lowest BCUT2D eigenvalue weighted by molar-refractivity contribution is -0.0532. The number of halogens is 1. The summed E-state index contributed by atoms with van der Waals surface area (Å²) in [6.07, 6.45) is -0.481. The van der Waals surface area contributed by atoms with Crippen molar-refractivity contribution in [2.24, 2.45) is 0 Å². The third-order valence-electron chi connectivity index (χ3n) is 3.03. The largest absolute Gasteiger partial charge is 0.497 e. The van der Waals surface area contributed by atoms with E-state index in [0.29, 0.717) is 11.5 Å². The molecular formula is C14H18FNO4. The Balaban J connectivity index is 1.78. The Hall–Kier alpha value is -1.98. The molecule has 6 heteroatoms. The number of methoxy groups -OCH3 is 1. The van der Waals surface area contributed by atoms with Crippen LogP contribution in [0.25, 0.3) is 0 Å². The Labute approximate surface area is 117 Å². The monoisotopic (exact) mass is 283 g/mol. The van der Waals surface area contributed by atoms with Crippen LogP contribution in [0.1, 0.15) is 6.92 Å². The fourth-order valence-corrected chi connectivity index (χ4v) is 1.96. The molecule has 0 aromatic heterocycles. The van der Waals surface area contributed by atoms with Crippen molar-refractivity contribution in [3.8, 4) is 11.5 Å². The van der Waals surface area contributed by atoms with Crippen LogP contribution in [0.3, 0.4) is 0 Å². The van der Waals surface area contributed by atoms with E-state index >= 15 is 0 Å². The van der Waals surface area contributed by atoms with Gasteiger partial charge in [-0.1, -0.05) is 0 Å². The maximum Gasteiger partial charge on any atom is 0.409 e. The molecule has 1 aromatic rings. The number of hydrogen-bond acceptors (Lipinski definition) is 4. The zero-order valence-corrected chi connectivity index (χ0v) is 11.6. The molecule has 1 fully saturated rings. The van der Waals surface area contributed by atoms with Crippen LogP contribution in [-0.2, 0) is 4.74 Å². The second kappa shape index (κ2) is 5.98. The molecule has 0 spiro atoms. The number of ether oxygens (including phenoxy) is 3. The normalized spacial score (nSPS) is 16.2. The number of likely N-dealkylation sites (tertiary alicyclic amines) is 1. The molecule has 20 heavy (non-hydrogen) atoms. The number of hydrogen-bond donors (Lipinski definition) is 0. The van der Waals surface area contributed by atoms with E-state index in [0.717, 1.165) is 0 Å². The molecule has 0 aliphatic carbocycles. The summed E-state index contributed by atoms with van der Waals surface area (Å²) < 4.78 is 29.4. The molecular weight excluding hydrogens is 265 g/mol. The van der Waals surface area contributed by atoms with Crippen molar-refractivity contribution in [1.82, 2.24) is 4.90 Å². The molecule has 1 aliphatic heterocycles. The fourth-order valence-electron chi connectivity index (χ4n) is 1.96. The smallest absolute Gasteiger partial charge is 0.409 e. The van der Waals surface area contributed by atoms with Gasteiger partial charge >= 0.3 is 6.09 Å². The van der Waals surface area contributed by atoms with E-state index in [1.807, 2.05) is 0 Å². The molecule has 5 nitrogen and oxygen atoms in total. The summed E-state index contributed by atoms with van der Waals surface area (Å²) in [5.74, 6) is 1.28. The first kappa shape index (κ1) is 14.4. The summed E-state index contributed by atoms with van der Waals surface area (Å²) in [6, 6.07) is 6.91. The van der Waals surface area contributed by atoms with E-state index in [1.165, 1.54) is 4.90 Å². The van der Waals surface area contributed by atoms with E-state index in [2.05, 4.69) is 0 Å². The standard InChI is InChI=1S/C14H18FNO4/c1-3-19-13(17)16-8-14(15,9-16)10-20-12-6-4-11(18-2)5-7-12/h4-7H,3,8-10H2,1-2H3. The van der Waals surface area contributed by atoms with Crippen molar-refractivity contribution in [3.63, 3.8) is 0 Å². The minimum absolute atomic E-state index is 0.00197. The number of amides is 1. The van der Waals surface area contributed by atoms with Crippen LogP contribution in [0.5, 0.6) is 11.5 Å². The quantitative estimate of drug-likeness (QED) is 0.831. The number of carbonyl (C=O) groups is 1. The predicted molar refractivity (Wildman–Crippen MR) is 70.9 cm³/mol. The molecule has 0 atom stereocenters. The van der Waals surface area contributed by atoms with Gasteiger partial charge in [0, 0.05) is 0 Å². The van der Waals surface area contributed by atoms with Crippen molar-refractivity contribution in [1.29, 1.82) is 0 Å². The van der Waals surface area contributed by atoms with Crippen LogP contribution in [0, 0.1) is 0 Å². The van der Waals surface area contributed by atoms with Gasteiger partial charge < -0.3 is 19.1 Å². The summed E-state index contributed by atoms with van der Waals surface area (Å²) >= 11 is 0. The van der Waals surface area contributed by atoms with Gasteiger partial charge in [-0.05, 0) is 31.2 Å². The molecule has 0 N–H and O–H groups in total. The second-order valence-corrected chi connectivity index (χ2v) is 4.67. The van der Waals surface area contributed by atoms with Crippen LogP contribution >= 0.6 is 0 Å². The molecule has 1 aromatic carbocycles. The van der Waals surface area contributed by atoms with E-state index < -0.39 is 11.8 Å². The van der Waals surface area contributed by atoms with Gasteiger partial charge in [-0.25, -0.2) is 9.18 Å². The number of alkyl halides is 1. The summed E-state index contributed by atoms with van der Waals surface area (Å²) in [4.78, 5) is 12.7. The SMILES string of the molecule is CCOC(=O)N1CC(F)(COc2ccc(OC)cc2)C1. The summed E-state index contributed by atoms with van der Waals surface area (Å²) in [6.45, 7) is 1.92. The lowest BCUT2D eigenvalue weighted by atomic mass is 9.98. The molecule has 2 rings (SSSR count). The van der Waals surface area contributed by atoms with Crippen LogP contribution in [0.15, 0.2) is 24.3 Å². The maximum atomic E-state index is 14.2. The molecule has 110 valence electrons. The lowest BCUT2D eigenvalue weighted by Gasteiger charge is -2.42. The molecule has 1 saturated heterocycles. The minimum Gasteiger partial charge on any atom is -0.497 e. The van der Waals surface area contributed by atoms with E-state index in [-0.39, 0.29) is 26.3 Å². The van der Waals surface area contributed by atoms with E-state index in [1.54, 1.807) is 38.3 Å². The maximum absolute atomic E-state index is 14.2. The second-order valence-electron chi connectivity index (χ2n) is 4.67.